The second-order valence-corrected chi connectivity index (χ2v) is 5.18. The summed E-state index contributed by atoms with van der Waals surface area (Å²) >= 11 is 3.38. The van der Waals surface area contributed by atoms with Crippen LogP contribution in [0.15, 0.2) is 16.6 Å². The van der Waals surface area contributed by atoms with Crippen LogP contribution in [0.4, 0.5) is 11.4 Å². The minimum Gasteiger partial charge on any atom is -0.323 e. The minimum atomic E-state index is -0.377. The average Bonchev–Trinajstić information content (AvgIpc) is 2.72. The lowest BCUT2D eigenvalue weighted by Crippen LogP contribution is -2.27. The van der Waals surface area contributed by atoms with E-state index in [0.717, 1.165) is 22.1 Å². The van der Waals surface area contributed by atoms with Crippen molar-refractivity contribution in [3.8, 4) is 6.07 Å². The van der Waals surface area contributed by atoms with Gasteiger partial charge in [-0.15, -0.1) is 0 Å². The topological polar surface area (TPSA) is 73.2 Å². The van der Waals surface area contributed by atoms with Crippen molar-refractivity contribution in [2.45, 2.75) is 19.8 Å². The second-order valence-electron chi connectivity index (χ2n) is 4.26. The first-order valence-corrected chi connectivity index (χ1v) is 6.59. The Balaban J connectivity index is 2.41. The molecule has 1 N–H and O–H groups in total. The fraction of sp³-hybridized carbons (Fsp3) is 0.308. The molecule has 98 valence electrons. The van der Waals surface area contributed by atoms with Gasteiger partial charge in [-0.1, -0.05) is 15.9 Å². The molecule has 2 rings (SSSR count). The number of fused-ring (bicyclic) bond motifs is 1. The fourth-order valence-electron chi connectivity index (χ4n) is 2.19. The van der Waals surface area contributed by atoms with E-state index in [-0.39, 0.29) is 18.2 Å². The van der Waals surface area contributed by atoms with Crippen LogP contribution in [0.1, 0.15) is 18.9 Å². The fourth-order valence-corrected chi connectivity index (χ4v) is 2.69. The number of nitrogens with zero attached hydrogens (tertiary/aromatic N) is 2. The molecule has 0 saturated heterocycles. The molecule has 6 heteroatoms. The summed E-state index contributed by atoms with van der Waals surface area (Å²) in [5.41, 5.74) is 2.32. The van der Waals surface area contributed by atoms with E-state index < -0.39 is 0 Å². The van der Waals surface area contributed by atoms with Crippen LogP contribution < -0.4 is 10.2 Å². The number of carbonyl (C=O) groups is 2. The van der Waals surface area contributed by atoms with Crippen LogP contribution in [-0.2, 0) is 16.0 Å². The highest BCUT2D eigenvalue weighted by molar-refractivity contribution is 9.10. The third kappa shape index (κ3) is 2.76. The number of carbonyl (C=O) groups excluding carboxylic acids is 2. The number of halogens is 1. The summed E-state index contributed by atoms with van der Waals surface area (Å²) in [6, 6.07) is 5.49. The SMILES string of the molecule is CC(=O)N1CCc2cc(Br)cc(NC(=O)CC#N)c21. The van der Waals surface area contributed by atoms with Gasteiger partial charge in [0.25, 0.3) is 0 Å². The van der Waals surface area contributed by atoms with E-state index in [0.29, 0.717) is 12.2 Å². The van der Waals surface area contributed by atoms with Crippen molar-refractivity contribution in [3.05, 3.63) is 22.2 Å². The van der Waals surface area contributed by atoms with Crippen LogP contribution in [-0.4, -0.2) is 18.4 Å². The van der Waals surface area contributed by atoms with Gasteiger partial charge in [-0.05, 0) is 24.1 Å². The molecule has 1 aromatic carbocycles. The number of nitrogens with one attached hydrogen (secondary N) is 1. The quantitative estimate of drug-likeness (QED) is 0.907. The monoisotopic (exact) mass is 321 g/mol. The number of amides is 2. The number of hydrogen-bond donors (Lipinski definition) is 1. The first kappa shape index (κ1) is 13.6. The summed E-state index contributed by atoms with van der Waals surface area (Å²) in [7, 11) is 0. The first-order valence-electron chi connectivity index (χ1n) is 5.80. The molecule has 1 heterocycles. The number of rotatable bonds is 2. The Kier molecular flexibility index (Phi) is 3.86. The van der Waals surface area contributed by atoms with E-state index >= 15 is 0 Å². The number of benzene rings is 1. The highest BCUT2D eigenvalue weighted by Gasteiger charge is 2.26. The van der Waals surface area contributed by atoms with Crippen LogP contribution in [0.2, 0.25) is 0 Å². The smallest absolute Gasteiger partial charge is 0.238 e. The summed E-state index contributed by atoms with van der Waals surface area (Å²) in [5, 5.41) is 11.2. The molecule has 0 radical (unpaired) electrons. The molecule has 0 bridgehead atoms. The van der Waals surface area contributed by atoms with E-state index in [1.807, 2.05) is 6.07 Å². The number of hydrogen-bond acceptors (Lipinski definition) is 3. The maximum atomic E-state index is 11.6. The van der Waals surface area contributed by atoms with Crippen molar-refractivity contribution < 1.29 is 9.59 Å². The summed E-state index contributed by atoms with van der Waals surface area (Å²) in [6.07, 6.45) is 0.552. The van der Waals surface area contributed by atoms with Crippen LogP contribution in [0.3, 0.4) is 0 Å². The molecule has 0 aliphatic carbocycles. The van der Waals surface area contributed by atoms with E-state index in [2.05, 4.69) is 21.2 Å². The standard InChI is InChI=1S/C13H12BrN3O2/c1-8(18)17-5-3-9-6-10(14)7-11(13(9)17)16-12(19)2-4-15/h6-7H,2-3,5H2,1H3,(H,16,19). The molecule has 19 heavy (non-hydrogen) atoms. The Bertz CT molecular complexity index is 592. The molecular formula is C13H12BrN3O2. The Hall–Kier alpha value is -1.87. The number of anilines is 2. The van der Waals surface area contributed by atoms with Gasteiger partial charge in [0.05, 0.1) is 17.4 Å². The molecule has 0 aromatic heterocycles. The zero-order valence-corrected chi connectivity index (χ0v) is 12.0. The van der Waals surface area contributed by atoms with Crippen molar-refractivity contribution in [3.63, 3.8) is 0 Å². The van der Waals surface area contributed by atoms with Gasteiger partial charge in [0, 0.05) is 17.9 Å². The summed E-state index contributed by atoms with van der Waals surface area (Å²) in [5.74, 6) is -0.435. The molecule has 0 saturated carbocycles. The average molecular weight is 322 g/mol. The zero-order chi connectivity index (χ0) is 14.0. The van der Waals surface area contributed by atoms with Gasteiger partial charge in [-0.3, -0.25) is 9.59 Å². The Morgan fingerprint density at radius 3 is 2.89 bits per heavy atom. The van der Waals surface area contributed by atoms with Gasteiger partial charge in [0.15, 0.2) is 0 Å². The van der Waals surface area contributed by atoms with Crippen LogP contribution >= 0.6 is 15.9 Å². The van der Waals surface area contributed by atoms with Gasteiger partial charge >= 0.3 is 0 Å². The molecule has 1 aliphatic rings. The highest BCUT2D eigenvalue weighted by atomic mass is 79.9. The second kappa shape index (κ2) is 5.41. The summed E-state index contributed by atoms with van der Waals surface area (Å²) in [6.45, 7) is 2.11. The molecular weight excluding hydrogens is 310 g/mol. The van der Waals surface area contributed by atoms with Crippen LogP contribution in [0, 0.1) is 11.3 Å². The molecule has 2 amide bonds. The van der Waals surface area contributed by atoms with Crippen molar-refractivity contribution in [2.24, 2.45) is 0 Å². The maximum Gasteiger partial charge on any atom is 0.238 e. The van der Waals surface area contributed by atoms with E-state index in [4.69, 9.17) is 5.26 Å². The lowest BCUT2D eigenvalue weighted by atomic mass is 10.1. The predicted octanol–water partition coefficient (Wildman–Crippen LogP) is 2.21. The lowest BCUT2D eigenvalue weighted by Gasteiger charge is -2.19. The van der Waals surface area contributed by atoms with E-state index in [9.17, 15) is 9.59 Å². The molecule has 0 unspecified atom stereocenters. The Morgan fingerprint density at radius 1 is 1.53 bits per heavy atom. The van der Waals surface area contributed by atoms with E-state index in [1.54, 1.807) is 17.0 Å². The van der Waals surface area contributed by atoms with Crippen molar-refractivity contribution >= 4 is 39.1 Å². The van der Waals surface area contributed by atoms with Gasteiger partial charge in [-0.25, -0.2) is 0 Å². The molecule has 0 atom stereocenters. The van der Waals surface area contributed by atoms with Crippen LogP contribution in [0.25, 0.3) is 0 Å². The molecule has 1 aliphatic heterocycles. The van der Waals surface area contributed by atoms with Gasteiger partial charge < -0.3 is 10.2 Å². The van der Waals surface area contributed by atoms with Crippen LogP contribution in [0.5, 0.6) is 0 Å². The molecule has 0 spiro atoms. The maximum absolute atomic E-state index is 11.6. The Labute approximate surface area is 119 Å². The zero-order valence-electron chi connectivity index (χ0n) is 10.4. The third-order valence-electron chi connectivity index (χ3n) is 2.92. The van der Waals surface area contributed by atoms with Crippen molar-refractivity contribution in [1.29, 1.82) is 5.26 Å². The first-order chi connectivity index (χ1) is 9.02. The molecule has 0 fully saturated rings. The van der Waals surface area contributed by atoms with Gasteiger partial charge in [0.1, 0.15) is 6.42 Å². The van der Waals surface area contributed by atoms with E-state index in [1.165, 1.54) is 6.92 Å². The number of nitriles is 1. The predicted molar refractivity (Wildman–Crippen MR) is 74.7 cm³/mol. The summed E-state index contributed by atoms with van der Waals surface area (Å²) < 4.78 is 0.837. The Morgan fingerprint density at radius 2 is 2.26 bits per heavy atom. The normalized spacial score (nSPS) is 12.8. The minimum absolute atomic E-state index is 0.0585. The largest absolute Gasteiger partial charge is 0.323 e. The van der Waals surface area contributed by atoms with Crippen molar-refractivity contribution in [1.82, 2.24) is 0 Å². The highest BCUT2D eigenvalue weighted by Crippen LogP contribution is 2.38. The molecule has 1 aromatic rings. The van der Waals surface area contributed by atoms with Crippen molar-refractivity contribution in [2.75, 3.05) is 16.8 Å². The summed E-state index contributed by atoms with van der Waals surface area (Å²) in [4.78, 5) is 24.8. The third-order valence-corrected chi connectivity index (χ3v) is 3.38. The van der Waals surface area contributed by atoms with Gasteiger partial charge in [-0.2, -0.15) is 5.26 Å². The van der Waals surface area contributed by atoms with Gasteiger partial charge in [0.2, 0.25) is 11.8 Å². The lowest BCUT2D eigenvalue weighted by molar-refractivity contribution is -0.117. The molecule has 5 nitrogen and oxygen atoms in total.